The van der Waals surface area contributed by atoms with Gasteiger partial charge in [-0.1, -0.05) is 6.92 Å². The fourth-order valence-corrected chi connectivity index (χ4v) is 3.43. The SMILES string of the molecule is CCNC(=NCc1cc(OC)c(OC)cc1OC)NCC(C)c1ccsc1.I. The Labute approximate surface area is 188 Å². The van der Waals surface area contributed by atoms with Gasteiger partial charge in [-0.25, -0.2) is 4.99 Å². The van der Waals surface area contributed by atoms with Crippen molar-refractivity contribution in [3.05, 3.63) is 40.1 Å². The summed E-state index contributed by atoms with van der Waals surface area (Å²) < 4.78 is 16.2. The Bertz CT molecular complexity index is 739. The number of halogens is 1. The molecule has 2 N–H and O–H groups in total. The number of methoxy groups -OCH3 is 3. The Morgan fingerprint density at radius 3 is 2.32 bits per heavy atom. The predicted molar refractivity (Wildman–Crippen MR) is 127 cm³/mol. The number of guanidine groups is 1. The quantitative estimate of drug-likeness (QED) is 0.295. The number of benzene rings is 1. The zero-order valence-corrected chi connectivity index (χ0v) is 20.2. The van der Waals surface area contributed by atoms with Crippen molar-refractivity contribution >= 4 is 41.3 Å². The van der Waals surface area contributed by atoms with E-state index in [2.05, 4.69) is 41.3 Å². The summed E-state index contributed by atoms with van der Waals surface area (Å²) >= 11 is 1.72. The van der Waals surface area contributed by atoms with Crippen LogP contribution in [0, 0.1) is 0 Å². The highest BCUT2D eigenvalue weighted by Crippen LogP contribution is 2.34. The second-order valence-corrected chi connectivity index (χ2v) is 6.83. The summed E-state index contributed by atoms with van der Waals surface area (Å²) in [7, 11) is 4.87. The molecule has 2 rings (SSSR count). The maximum atomic E-state index is 5.48. The molecule has 1 aromatic carbocycles. The van der Waals surface area contributed by atoms with Crippen molar-refractivity contribution in [1.29, 1.82) is 0 Å². The molecule has 0 fully saturated rings. The van der Waals surface area contributed by atoms with E-state index in [-0.39, 0.29) is 24.0 Å². The molecule has 8 heteroatoms. The van der Waals surface area contributed by atoms with Crippen molar-refractivity contribution in [2.75, 3.05) is 34.4 Å². The van der Waals surface area contributed by atoms with E-state index in [4.69, 9.17) is 19.2 Å². The average Bonchev–Trinajstić information content (AvgIpc) is 3.24. The number of rotatable bonds is 9. The van der Waals surface area contributed by atoms with Gasteiger partial charge < -0.3 is 24.8 Å². The standard InChI is InChI=1S/C20H29N3O3S.HI/c1-6-21-20(22-11-14(2)15-7-8-27-13-15)23-12-16-9-18(25-4)19(26-5)10-17(16)24-3;/h7-10,13-14H,6,11-12H2,1-5H3,(H2,21,22,23);1H. The van der Waals surface area contributed by atoms with Crippen LogP contribution in [0.4, 0.5) is 0 Å². The maximum absolute atomic E-state index is 5.48. The van der Waals surface area contributed by atoms with Gasteiger partial charge in [0.2, 0.25) is 0 Å². The van der Waals surface area contributed by atoms with Gasteiger partial charge in [-0.3, -0.25) is 0 Å². The van der Waals surface area contributed by atoms with Crippen molar-refractivity contribution < 1.29 is 14.2 Å². The molecule has 1 heterocycles. The summed E-state index contributed by atoms with van der Waals surface area (Å²) in [5.41, 5.74) is 2.27. The van der Waals surface area contributed by atoms with Crippen molar-refractivity contribution in [3.63, 3.8) is 0 Å². The molecule has 156 valence electrons. The third-order valence-electron chi connectivity index (χ3n) is 4.23. The van der Waals surface area contributed by atoms with Crippen LogP contribution in [0.2, 0.25) is 0 Å². The normalized spacial score (nSPS) is 12.0. The number of aliphatic imine (C=N–C) groups is 1. The Morgan fingerprint density at radius 1 is 1.07 bits per heavy atom. The predicted octanol–water partition coefficient (Wildman–Crippen LogP) is 4.25. The molecule has 2 aromatic rings. The molecular formula is C20H30IN3O3S. The second-order valence-electron chi connectivity index (χ2n) is 6.05. The Kier molecular flexibility index (Phi) is 11.1. The third kappa shape index (κ3) is 6.73. The monoisotopic (exact) mass is 519 g/mol. The van der Waals surface area contributed by atoms with E-state index in [0.29, 0.717) is 24.0 Å². The molecule has 6 nitrogen and oxygen atoms in total. The Hall–Kier alpha value is -1.68. The van der Waals surface area contributed by atoms with Crippen LogP contribution in [0.3, 0.4) is 0 Å². The Balaban J connectivity index is 0.00000392. The van der Waals surface area contributed by atoms with Gasteiger partial charge >= 0.3 is 0 Å². The first-order chi connectivity index (χ1) is 13.1. The van der Waals surface area contributed by atoms with Gasteiger partial charge in [-0.05, 0) is 41.3 Å². The van der Waals surface area contributed by atoms with E-state index in [1.807, 2.05) is 12.1 Å². The largest absolute Gasteiger partial charge is 0.496 e. The lowest BCUT2D eigenvalue weighted by atomic mass is 10.1. The number of hydrogen-bond donors (Lipinski definition) is 2. The molecule has 1 atom stereocenters. The molecule has 1 aromatic heterocycles. The fraction of sp³-hybridized carbons (Fsp3) is 0.450. The minimum absolute atomic E-state index is 0. The molecule has 0 amide bonds. The molecule has 0 aliphatic rings. The van der Waals surface area contributed by atoms with E-state index in [0.717, 1.165) is 30.4 Å². The van der Waals surface area contributed by atoms with Crippen LogP contribution in [0.5, 0.6) is 17.2 Å². The summed E-state index contributed by atoms with van der Waals surface area (Å²) in [4.78, 5) is 4.70. The highest BCUT2D eigenvalue weighted by atomic mass is 127. The smallest absolute Gasteiger partial charge is 0.191 e. The number of hydrogen-bond acceptors (Lipinski definition) is 5. The molecule has 0 spiro atoms. The lowest BCUT2D eigenvalue weighted by Crippen LogP contribution is -2.39. The van der Waals surface area contributed by atoms with E-state index < -0.39 is 0 Å². The van der Waals surface area contributed by atoms with Gasteiger partial charge in [0, 0.05) is 24.7 Å². The van der Waals surface area contributed by atoms with Crippen molar-refractivity contribution in [2.24, 2.45) is 4.99 Å². The van der Waals surface area contributed by atoms with Crippen LogP contribution in [0.25, 0.3) is 0 Å². The zero-order valence-electron chi connectivity index (χ0n) is 17.1. The minimum Gasteiger partial charge on any atom is -0.496 e. The van der Waals surface area contributed by atoms with Gasteiger partial charge in [-0.15, -0.1) is 24.0 Å². The summed E-state index contributed by atoms with van der Waals surface area (Å²) in [5, 5.41) is 11.0. The molecule has 0 aliphatic heterocycles. The third-order valence-corrected chi connectivity index (χ3v) is 4.93. The van der Waals surface area contributed by atoms with Crippen molar-refractivity contribution in [3.8, 4) is 17.2 Å². The topological polar surface area (TPSA) is 64.1 Å². The first-order valence-electron chi connectivity index (χ1n) is 8.96. The average molecular weight is 519 g/mol. The molecular weight excluding hydrogens is 489 g/mol. The van der Waals surface area contributed by atoms with E-state index >= 15 is 0 Å². The number of nitrogens with zero attached hydrogens (tertiary/aromatic N) is 1. The lowest BCUT2D eigenvalue weighted by Gasteiger charge is -2.16. The van der Waals surface area contributed by atoms with E-state index in [9.17, 15) is 0 Å². The minimum atomic E-state index is 0. The summed E-state index contributed by atoms with van der Waals surface area (Å²) in [5.74, 6) is 3.20. The maximum Gasteiger partial charge on any atom is 0.191 e. The second kappa shape index (κ2) is 12.7. The van der Waals surface area contributed by atoms with E-state index in [1.54, 1.807) is 32.7 Å². The summed E-state index contributed by atoms with van der Waals surface area (Å²) in [6, 6.07) is 5.89. The zero-order chi connectivity index (χ0) is 19.6. The lowest BCUT2D eigenvalue weighted by molar-refractivity contribution is 0.347. The van der Waals surface area contributed by atoms with Crippen LogP contribution in [0.1, 0.15) is 30.9 Å². The van der Waals surface area contributed by atoms with Crippen molar-refractivity contribution in [1.82, 2.24) is 10.6 Å². The first kappa shape index (κ1) is 24.4. The van der Waals surface area contributed by atoms with Crippen LogP contribution in [0.15, 0.2) is 34.0 Å². The highest BCUT2D eigenvalue weighted by molar-refractivity contribution is 14.0. The molecule has 0 saturated carbocycles. The molecule has 1 unspecified atom stereocenters. The van der Waals surface area contributed by atoms with Gasteiger partial charge in [0.05, 0.1) is 27.9 Å². The van der Waals surface area contributed by atoms with Gasteiger partial charge in [0.1, 0.15) is 5.75 Å². The van der Waals surface area contributed by atoms with Gasteiger partial charge in [0.15, 0.2) is 17.5 Å². The molecule has 0 bridgehead atoms. The number of nitrogens with one attached hydrogen (secondary N) is 2. The summed E-state index contributed by atoms with van der Waals surface area (Å²) in [6.45, 7) is 6.32. The van der Waals surface area contributed by atoms with Crippen LogP contribution >= 0.6 is 35.3 Å². The summed E-state index contributed by atoms with van der Waals surface area (Å²) in [6.07, 6.45) is 0. The Morgan fingerprint density at radius 2 is 1.75 bits per heavy atom. The molecule has 0 saturated heterocycles. The van der Waals surface area contributed by atoms with Gasteiger partial charge in [0.25, 0.3) is 0 Å². The van der Waals surface area contributed by atoms with Gasteiger partial charge in [-0.2, -0.15) is 11.3 Å². The molecule has 0 aliphatic carbocycles. The fourth-order valence-electron chi connectivity index (χ4n) is 2.65. The highest BCUT2D eigenvalue weighted by Gasteiger charge is 2.12. The van der Waals surface area contributed by atoms with Crippen molar-refractivity contribution in [2.45, 2.75) is 26.3 Å². The number of ether oxygens (including phenoxy) is 3. The number of thiophene rings is 1. The van der Waals surface area contributed by atoms with Crippen LogP contribution < -0.4 is 24.8 Å². The first-order valence-corrected chi connectivity index (χ1v) is 9.90. The van der Waals surface area contributed by atoms with E-state index in [1.165, 1.54) is 5.56 Å². The van der Waals surface area contributed by atoms with Crippen LogP contribution in [-0.2, 0) is 6.54 Å². The molecule has 0 radical (unpaired) electrons. The molecule has 28 heavy (non-hydrogen) atoms. The van der Waals surface area contributed by atoms with Crippen LogP contribution in [-0.4, -0.2) is 40.4 Å².